The molecule has 0 unspecified atom stereocenters. The van der Waals surface area contributed by atoms with Gasteiger partial charge in [0.25, 0.3) is 0 Å². The Labute approximate surface area is 185 Å². The van der Waals surface area contributed by atoms with E-state index >= 15 is 0 Å². The molecule has 6 heteroatoms. The lowest BCUT2D eigenvalue weighted by Crippen LogP contribution is -2.49. The fourth-order valence-corrected chi connectivity index (χ4v) is 5.14. The molecular weight excluding hydrogens is 406 g/mol. The molecule has 0 amide bonds. The first-order valence-corrected chi connectivity index (χ1v) is 12.2. The van der Waals surface area contributed by atoms with Gasteiger partial charge in [0.05, 0.1) is 4.90 Å². The summed E-state index contributed by atoms with van der Waals surface area (Å²) in [5.74, 6) is 0. The molecule has 1 heterocycles. The summed E-state index contributed by atoms with van der Waals surface area (Å²) in [6.45, 7) is 5.03. The third-order valence-electron chi connectivity index (χ3n) is 5.80. The van der Waals surface area contributed by atoms with E-state index in [2.05, 4.69) is 50.9 Å². The van der Waals surface area contributed by atoms with Crippen LogP contribution in [0.3, 0.4) is 0 Å². The van der Waals surface area contributed by atoms with Gasteiger partial charge in [-0.1, -0.05) is 78.9 Å². The van der Waals surface area contributed by atoms with Gasteiger partial charge in [-0.25, -0.2) is 13.1 Å². The zero-order valence-corrected chi connectivity index (χ0v) is 18.4. The summed E-state index contributed by atoms with van der Waals surface area (Å²) >= 11 is 0. The Morgan fingerprint density at radius 1 is 0.742 bits per heavy atom. The Morgan fingerprint density at radius 3 is 1.90 bits per heavy atom. The van der Waals surface area contributed by atoms with Crippen molar-refractivity contribution in [2.75, 3.05) is 32.7 Å². The molecule has 1 fully saturated rings. The van der Waals surface area contributed by atoms with Crippen molar-refractivity contribution in [3.8, 4) is 0 Å². The third kappa shape index (κ3) is 5.80. The molecule has 0 aromatic heterocycles. The van der Waals surface area contributed by atoms with Crippen LogP contribution in [-0.2, 0) is 16.6 Å². The number of sulfonamides is 1. The van der Waals surface area contributed by atoms with Crippen molar-refractivity contribution in [3.63, 3.8) is 0 Å². The maximum Gasteiger partial charge on any atom is 0.240 e. The van der Waals surface area contributed by atoms with Crippen LogP contribution in [0.25, 0.3) is 0 Å². The smallest absolute Gasteiger partial charge is 0.240 e. The molecule has 1 atom stereocenters. The molecule has 1 N–H and O–H groups in total. The predicted octanol–water partition coefficient (Wildman–Crippen LogP) is 3.52. The summed E-state index contributed by atoms with van der Waals surface area (Å²) in [4.78, 5) is 5.15. The first kappa shape index (κ1) is 21.7. The molecule has 0 saturated carbocycles. The molecule has 3 aromatic rings. The molecule has 1 aliphatic heterocycles. The van der Waals surface area contributed by atoms with E-state index in [1.807, 2.05) is 30.3 Å². The van der Waals surface area contributed by atoms with Crippen LogP contribution in [0.2, 0.25) is 0 Å². The van der Waals surface area contributed by atoms with Gasteiger partial charge in [-0.2, -0.15) is 0 Å². The Hall–Kier alpha value is -2.51. The van der Waals surface area contributed by atoms with E-state index < -0.39 is 10.0 Å². The normalized spacial score (nSPS) is 16.8. The lowest BCUT2D eigenvalue weighted by molar-refractivity contribution is 0.0928. The topological polar surface area (TPSA) is 52.7 Å². The Kier molecular flexibility index (Phi) is 7.14. The molecule has 0 radical (unpaired) electrons. The van der Waals surface area contributed by atoms with Crippen LogP contribution in [0.1, 0.15) is 17.2 Å². The van der Waals surface area contributed by atoms with E-state index in [9.17, 15) is 8.42 Å². The van der Waals surface area contributed by atoms with Crippen molar-refractivity contribution in [1.82, 2.24) is 14.5 Å². The minimum Gasteiger partial charge on any atom is -0.297 e. The van der Waals surface area contributed by atoms with Gasteiger partial charge in [0.1, 0.15) is 0 Å². The molecule has 4 rings (SSSR count). The number of nitrogens with one attached hydrogen (secondary N) is 1. The fraction of sp³-hybridized carbons (Fsp3) is 0.280. The molecule has 31 heavy (non-hydrogen) atoms. The van der Waals surface area contributed by atoms with Gasteiger partial charge < -0.3 is 0 Å². The number of piperazine rings is 1. The second kappa shape index (κ2) is 10.2. The quantitative estimate of drug-likeness (QED) is 0.588. The van der Waals surface area contributed by atoms with Crippen molar-refractivity contribution >= 4 is 10.0 Å². The van der Waals surface area contributed by atoms with Gasteiger partial charge in [-0.05, 0) is 23.3 Å². The third-order valence-corrected chi connectivity index (χ3v) is 7.24. The average Bonchev–Trinajstić information content (AvgIpc) is 2.82. The maximum absolute atomic E-state index is 12.8. The second-order valence-corrected chi connectivity index (χ2v) is 9.66. The molecule has 3 aromatic carbocycles. The summed E-state index contributed by atoms with van der Waals surface area (Å²) in [5, 5.41) is 0. The van der Waals surface area contributed by atoms with E-state index in [4.69, 9.17) is 0 Å². The molecule has 162 valence electrons. The molecule has 1 aliphatic rings. The van der Waals surface area contributed by atoms with Crippen LogP contribution in [-0.4, -0.2) is 50.9 Å². The van der Waals surface area contributed by atoms with E-state index in [1.165, 1.54) is 5.56 Å². The standard InChI is InChI=1S/C25H29N3O2S/c29-31(30,24-14-8-3-9-15-24)26-20-25(23-12-6-2-7-13-23)28-18-16-27(17-19-28)21-22-10-4-1-5-11-22/h1-15,25-26H,16-21H2/t25-/m0/s1. The minimum absolute atomic E-state index is 0.00133. The van der Waals surface area contributed by atoms with Gasteiger partial charge in [0.15, 0.2) is 0 Å². The first-order chi connectivity index (χ1) is 15.1. The fourth-order valence-electron chi connectivity index (χ4n) is 4.08. The summed E-state index contributed by atoms with van der Waals surface area (Å²) < 4.78 is 28.4. The number of rotatable bonds is 8. The Balaban J connectivity index is 1.43. The van der Waals surface area contributed by atoms with E-state index in [0.717, 1.165) is 38.3 Å². The van der Waals surface area contributed by atoms with Crippen LogP contribution < -0.4 is 4.72 Å². The van der Waals surface area contributed by atoms with Crippen LogP contribution in [0.4, 0.5) is 0 Å². The predicted molar refractivity (Wildman–Crippen MR) is 124 cm³/mol. The number of nitrogens with zero attached hydrogens (tertiary/aromatic N) is 2. The Bertz CT molecular complexity index is 1040. The molecule has 0 bridgehead atoms. The van der Waals surface area contributed by atoms with Gasteiger partial charge >= 0.3 is 0 Å². The first-order valence-electron chi connectivity index (χ1n) is 10.7. The van der Waals surface area contributed by atoms with Crippen LogP contribution in [0.15, 0.2) is 95.9 Å². The highest BCUT2D eigenvalue weighted by molar-refractivity contribution is 7.89. The van der Waals surface area contributed by atoms with Crippen LogP contribution >= 0.6 is 0 Å². The highest BCUT2D eigenvalue weighted by Gasteiger charge is 2.26. The average molecular weight is 436 g/mol. The molecule has 5 nitrogen and oxygen atoms in total. The van der Waals surface area contributed by atoms with Gasteiger partial charge in [0, 0.05) is 45.3 Å². The second-order valence-electron chi connectivity index (χ2n) is 7.89. The molecule has 1 saturated heterocycles. The van der Waals surface area contributed by atoms with E-state index in [-0.39, 0.29) is 6.04 Å². The van der Waals surface area contributed by atoms with Crippen molar-refractivity contribution in [2.24, 2.45) is 0 Å². The summed E-state index contributed by atoms with van der Waals surface area (Å²) in [6, 6.07) is 29.3. The van der Waals surface area contributed by atoms with Gasteiger partial charge in [-0.15, -0.1) is 0 Å². The molecule has 0 aliphatic carbocycles. The lowest BCUT2D eigenvalue weighted by Gasteiger charge is -2.39. The van der Waals surface area contributed by atoms with E-state index in [0.29, 0.717) is 11.4 Å². The van der Waals surface area contributed by atoms with Gasteiger partial charge in [-0.3, -0.25) is 9.80 Å². The Morgan fingerprint density at radius 2 is 1.29 bits per heavy atom. The summed E-state index contributed by atoms with van der Waals surface area (Å²) in [6.07, 6.45) is 0. The number of hydrogen-bond acceptors (Lipinski definition) is 4. The number of hydrogen-bond donors (Lipinski definition) is 1. The lowest BCUT2D eigenvalue weighted by atomic mass is 10.0. The van der Waals surface area contributed by atoms with Gasteiger partial charge in [0.2, 0.25) is 10.0 Å². The van der Waals surface area contributed by atoms with Crippen LogP contribution in [0.5, 0.6) is 0 Å². The van der Waals surface area contributed by atoms with Crippen molar-refractivity contribution in [3.05, 3.63) is 102 Å². The highest BCUT2D eigenvalue weighted by Crippen LogP contribution is 2.23. The monoisotopic (exact) mass is 435 g/mol. The SMILES string of the molecule is O=S(=O)(NC[C@@H](c1ccccc1)N1CCN(Cc2ccccc2)CC1)c1ccccc1. The molecule has 0 spiro atoms. The van der Waals surface area contributed by atoms with Crippen molar-refractivity contribution < 1.29 is 8.42 Å². The maximum atomic E-state index is 12.8. The minimum atomic E-state index is -3.54. The highest BCUT2D eigenvalue weighted by atomic mass is 32.2. The number of benzene rings is 3. The largest absolute Gasteiger partial charge is 0.297 e. The van der Waals surface area contributed by atoms with Crippen molar-refractivity contribution in [2.45, 2.75) is 17.5 Å². The van der Waals surface area contributed by atoms with Crippen LogP contribution in [0, 0.1) is 0 Å². The summed E-state index contributed by atoms with van der Waals surface area (Å²) in [7, 11) is -3.54. The van der Waals surface area contributed by atoms with Crippen molar-refractivity contribution in [1.29, 1.82) is 0 Å². The summed E-state index contributed by atoms with van der Waals surface area (Å²) in [5.41, 5.74) is 2.46. The zero-order chi connectivity index (χ0) is 21.5. The molecular formula is C25H29N3O2S. The van der Waals surface area contributed by atoms with E-state index in [1.54, 1.807) is 24.3 Å². The zero-order valence-electron chi connectivity index (χ0n) is 17.6.